The second kappa shape index (κ2) is 5.70. The van der Waals surface area contributed by atoms with E-state index in [0.29, 0.717) is 6.61 Å². The first-order valence-electron chi connectivity index (χ1n) is 7.49. The van der Waals surface area contributed by atoms with E-state index < -0.39 is 5.60 Å². The fraction of sp³-hybridized carbons (Fsp3) is 0.933. The number of hydrogen-bond donors (Lipinski definition) is 1. The largest absolute Gasteiger partial charge is 0.444 e. The lowest BCUT2D eigenvalue weighted by Gasteiger charge is -2.33. The fourth-order valence-corrected chi connectivity index (χ4v) is 3.18. The van der Waals surface area contributed by atoms with Gasteiger partial charge in [-0.2, -0.15) is 0 Å². The Bertz CT molecular complexity index is 316. The summed E-state index contributed by atoms with van der Waals surface area (Å²) in [6.07, 6.45) is 4.24. The van der Waals surface area contributed by atoms with Gasteiger partial charge in [0.2, 0.25) is 0 Å². The van der Waals surface area contributed by atoms with Gasteiger partial charge in [0.25, 0.3) is 0 Å². The van der Waals surface area contributed by atoms with Gasteiger partial charge in [-0.3, -0.25) is 0 Å². The number of carbonyl (C=O) groups is 1. The molecule has 1 aliphatic heterocycles. The van der Waals surface area contributed by atoms with Crippen molar-refractivity contribution in [2.24, 2.45) is 17.8 Å². The van der Waals surface area contributed by atoms with Gasteiger partial charge in [-0.05, 0) is 64.2 Å². The maximum absolute atomic E-state index is 11.9. The first-order valence-corrected chi connectivity index (χ1v) is 7.49. The van der Waals surface area contributed by atoms with E-state index in [9.17, 15) is 4.79 Å². The first-order chi connectivity index (χ1) is 8.90. The molecule has 4 nitrogen and oxygen atoms in total. The molecule has 2 aliphatic rings. The lowest BCUT2D eigenvalue weighted by Crippen LogP contribution is -2.42. The fourth-order valence-electron chi connectivity index (χ4n) is 3.18. The van der Waals surface area contributed by atoms with Crippen LogP contribution in [0.25, 0.3) is 0 Å². The zero-order valence-electron chi connectivity index (χ0n) is 12.4. The van der Waals surface area contributed by atoms with Gasteiger partial charge < -0.3 is 14.7 Å². The van der Waals surface area contributed by atoms with E-state index in [1.807, 2.05) is 25.7 Å². The number of aliphatic hydroxyl groups is 1. The van der Waals surface area contributed by atoms with Gasteiger partial charge >= 0.3 is 6.09 Å². The normalized spacial score (nSPS) is 28.3. The van der Waals surface area contributed by atoms with Crippen LogP contribution in [0.2, 0.25) is 0 Å². The highest BCUT2D eigenvalue weighted by Gasteiger charge is 2.43. The molecule has 0 bridgehead atoms. The predicted octanol–water partition coefficient (Wildman–Crippen LogP) is 2.65. The topological polar surface area (TPSA) is 49.8 Å². The van der Waals surface area contributed by atoms with Crippen molar-refractivity contribution < 1.29 is 14.6 Å². The SMILES string of the molecule is CC(C)(C)OC(=O)N1CCC(C2C[C@@H]2CCO)CC1. The third kappa shape index (κ3) is 4.10. The average Bonchev–Trinajstić information content (AvgIpc) is 3.07. The summed E-state index contributed by atoms with van der Waals surface area (Å²) in [5.41, 5.74) is -0.406. The summed E-state index contributed by atoms with van der Waals surface area (Å²) < 4.78 is 5.40. The smallest absolute Gasteiger partial charge is 0.410 e. The molecule has 2 fully saturated rings. The molecule has 1 N–H and O–H groups in total. The molecule has 0 aromatic carbocycles. The number of piperidine rings is 1. The Hall–Kier alpha value is -0.770. The van der Waals surface area contributed by atoms with Crippen molar-refractivity contribution in [2.45, 2.75) is 52.1 Å². The zero-order valence-corrected chi connectivity index (χ0v) is 12.4. The molecule has 110 valence electrons. The van der Waals surface area contributed by atoms with Gasteiger partial charge in [-0.1, -0.05) is 0 Å². The molecule has 1 amide bonds. The number of rotatable bonds is 3. The van der Waals surface area contributed by atoms with Crippen LogP contribution in [0.15, 0.2) is 0 Å². The molecule has 1 heterocycles. The van der Waals surface area contributed by atoms with Gasteiger partial charge in [-0.15, -0.1) is 0 Å². The Kier molecular flexibility index (Phi) is 4.39. The second-order valence-electron chi connectivity index (χ2n) is 6.98. The summed E-state index contributed by atoms with van der Waals surface area (Å²) in [6, 6.07) is 0. The third-order valence-corrected chi connectivity index (χ3v) is 4.27. The predicted molar refractivity (Wildman–Crippen MR) is 73.8 cm³/mol. The van der Waals surface area contributed by atoms with Crippen molar-refractivity contribution in [2.75, 3.05) is 19.7 Å². The molecule has 2 rings (SSSR count). The Morgan fingerprint density at radius 3 is 2.47 bits per heavy atom. The Morgan fingerprint density at radius 2 is 1.95 bits per heavy atom. The average molecular weight is 269 g/mol. The van der Waals surface area contributed by atoms with Crippen LogP contribution >= 0.6 is 0 Å². The lowest BCUT2D eigenvalue weighted by molar-refractivity contribution is 0.0174. The minimum absolute atomic E-state index is 0.173. The molecule has 0 radical (unpaired) electrons. The van der Waals surface area contributed by atoms with Crippen LogP contribution in [0.4, 0.5) is 4.79 Å². The molecule has 1 saturated heterocycles. The molecular weight excluding hydrogens is 242 g/mol. The van der Waals surface area contributed by atoms with E-state index in [1.165, 1.54) is 6.42 Å². The van der Waals surface area contributed by atoms with Crippen LogP contribution in [0.1, 0.15) is 46.5 Å². The van der Waals surface area contributed by atoms with E-state index >= 15 is 0 Å². The van der Waals surface area contributed by atoms with Crippen molar-refractivity contribution in [3.63, 3.8) is 0 Å². The van der Waals surface area contributed by atoms with Crippen LogP contribution in [0.5, 0.6) is 0 Å². The molecule has 0 aromatic heterocycles. The summed E-state index contributed by atoms with van der Waals surface area (Å²) in [5, 5.41) is 8.95. The minimum atomic E-state index is -0.406. The third-order valence-electron chi connectivity index (χ3n) is 4.27. The van der Waals surface area contributed by atoms with E-state index in [0.717, 1.165) is 50.1 Å². The van der Waals surface area contributed by atoms with Gasteiger partial charge in [0.05, 0.1) is 0 Å². The lowest BCUT2D eigenvalue weighted by atomic mass is 9.91. The highest BCUT2D eigenvalue weighted by Crippen LogP contribution is 2.49. The molecular formula is C15H27NO3. The van der Waals surface area contributed by atoms with E-state index in [2.05, 4.69) is 0 Å². The van der Waals surface area contributed by atoms with Crippen molar-refractivity contribution >= 4 is 6.09 Å². The number of aliphatic hydroxyl groups excluding tert-OH is 1. The first kappa shape index (κ1) is 14.6. The van der Waals surface area contributed by atoms with Gasteiger partial charge in [-0.25, -0.2) is 4.79 Å². The van der Waals surface area contributed by atoms with Crippen molar-refractivity contribution in [1.29, 1.82) is 0 Å². The molecule has 1 unspecified atom stereocenters. The maximum atomic E-state index is 11.9. The van der Waals surface area contributed by atoms with Crippen molar-refractivity contribution in [1.82, 2.24) is 4.90 Å². The number of ether oxygens (including phenoxy) is 1. The maximum Gasteiger partial charge on any atom is 0.410 e. The van der Waals surface area contributed by atoms with Crippen LogP contribution in [-0.4, -0.2) is 41.4 Å². The Morgan fingerprint density at radius 1 is 1.32 bits per heavy atom. The molecule has 0 aromatic rings. The highest BCUT2D eigenvalue weighted by atomic mass is 16.6. The number of nitrogens with zero attached hydrogens (tertiary/aromatic N) is 1. The number of carbonyl (C=O) groups excluding carboxylic acids is 1. The van der Waals surface area contributed by atoms with E-state index in [-0.39, 0.29) is 6.09 Å². The molecule has 2 atom stereocenters. The quantitative estimate of drug-likeness (QED) is 0.857. The molecule has 4 heteroatoms. The van der Waals surface area contributed by atoms with E-state index in [1.54, 1.807) is 0 Å². The standard InChI is InChI=1S/C15H27NO3/c1-15(2,3)19-14(18)16-7-4-11(5-8-16)13-10-12(13)6-9-17/h11-13,17H,4-10H2,1-3H3/t12-,13?/m0/s1. The summed E-state index contributed by atoms with van der Waals surface area (Å²) >= 11 is 0. The van der Waals surface area contributed by atoms with Crippen LogP contribution < -0.4 is 0 Å². The molecule has 0 spiro atoms. The second-order valence-corrected chi connectivity index (χ2v) is 6.98. The van der Waals surface area contributed by atoms with Crippen LogP contribution in [0.3, 0.4) is 0 Å². The summed E-state index contributed by atoms with van der Waals surface area (Å²) in [5.74, 6) is 2.28. The highest BCUT2D eigenvalue weighted by molar-refractivity contribution is 5.68. The van der Waals surface area contributed by atoms with Crippen molar-refractivity contribution in [3.8, 4) is 0 Å². The molecule has 1 aliphatic carbocycles. The van der Waals surface area contributed by atoms with Crippen molar-refractivity contribution in [3.05, 3.63) is 0 Å². The van der Waals surface area contributed by atoms with Gasteiger partial charge in [0, 0.05) is 19.7 Å². The summed E-state index contributed by atoms with van der Waals surface area (Å²) in [4.78, 5) is 13.8. The van der Waals surface area contributed by atoms with E-state index in [4.69, 9.17) is 9.84 Å². The van der Waals surface area contributed by atoms with Crippen LogP contribution in [0, 0.1) is 17.8 Å². The summed E-state index contributed by atoms with van der Waals surface area (Å²) in [6.45, 7) is 7.67. The number of amides is 1. The Labute approximate surface area is 116 Å². The Balaban J connectivity index is 1.72. The monoisotopic (exact) mass is 269 g/mol. The molecule has 1 saturated carbocycles. The summed E-state index contributed by atoms with van der Waals surface area (Å²) in [7, 11) is 0. The molecule has 19 heavy (non-hydrogen) atoms. The number of hydrogen-bond acceptors (Lipinski definition) is 3. The number of likely N-dealkylation sites (tertiary alicyclic amines) is 1. The van der Waals surface area contributed by atoms with Gasteiger partial charge in [0.15, 0.2) is 0 Å². The van der Waals surface area contributed by atoms with Gasteiger partial charge in [0.1, 0.15) is 5.60 Å². The van der Waals surface area contributed by atoms with Crippen LogP contribution in [-0.2, 0) is 4.74 Å². The minimum Gasteiger partial charge on any atom is -0.444 e. The zero-order chi connectivity index (χ0) is 14.0.